The van der Waals surface area contributed by atoms with Crippen molar-refractivity contribution in [3.8, 4) is 0 Å². The summed E-state index contributed by atoms with van der Waals surface area (Å²) in [6.07, 6.45) is 4.87. The van der Waals surface area contributed by atoms with Crippen LogP contribution in [0.1, 0.15) is 48.0 Å². The normalized spacial score (nSPS) is 23.6. The van der Waals surface area contributed by atoms with Gasteiger partial charge in [-0.05, 0) is 48.3 Å². The van der Waals surface area contributed by atoms with Gasteiger partial charge in [0.1, 0.15) is 0 Å². The van der Waals surface area contributed by atoms with E-state index in [1.807, 2.05) is 6.08 Å². The summed E-state index contributed by atoms with van der Waals surface area (Å²) in [6.45, 7) is 26.6. The van der Waals surface area contributed by atoms with Crippen molar-refractivity contribution in [3.05, 3.63) is 24.5 Å². The molecular formula is C21H42O3Si2. The predicted octanol–water partition coefficient (Wildman–Crippen LogP) is 6.10. The second-order valence-electron chi connectivity index (χ2n) is 10.8. The average molecular weight is 399 g/mol. The van der Waals surface area contributed by atoms with Gasteiger partial charge in [0.05, 0.1) is 18.5 Å². The number of hydrogen-bond acceptors (Lipinski definition) is 3. The maximum Gasteiger partial charge on any atom is 0.250 e. The highest BCUT2D eigenvalue weighted by Gasteiger charge is 2.44. The number of hydrogen-bond donors (Lipinski definition) is 1. The van der Waals surface area contributed by atoms with Crippen molar-refractivity contribution in [3.63, 3.8) is 0 Å². The Morgan fingerprint density at radius 2 is 1.62 bits per heavy atom. The minimum Gasteiger partial charge on any atom is -0.547 e. The first-order valence-corrected chi connectivity index (χ1v) is 15.7. The topological polar surface area (TPSA) is 38.7 Å². The van der Waals surface area contributed by atoms with E-state index in [0.717, 1.165) is 12.2 Å². The smallest absolute Gasteiger partial charge is 0.250 e. The van der Waals surface area contributed by atoms with Crippen LogP contribution < -0.4 is 0 Å². The lowest BCUT2D eigenvalue weighted by molar-refractivity contribution is 0.0617. The standard InChI is InChI=1S/C21H42O3Si2/c1-12-16-13-17(23-25(8,9)20(2,3)4)14-18(16)19(15-22)24-26(10,11)21(5,6)7/h12,14,16,18-19,22H,1,13,15H2,2-11H3/t16-,18-,19-/m1/s1. The number of aliphatic hydroxyl groups excluding tert-OH is 1. The Morgan fingerprint density at radius 3 is 2.00 bits per heavy atom. The van der Waals surface area contributed by atoms with E-state index in [1.54, 1.807) is 0 Å². The third kappa shape index (κ3) is 5.34. The summed E-state index contributed by atoms with van der Waals surface area (Å²) < 4.78 is 13.1. The zero-order chi connectivity index (χ0) is 20.6. The molecule has 0 radical (unpaired) electrons. The second kappa shape index (κ2) is 7.94. The molecule has 152 valence electrons. The van der Waals surface area contributed by atoms with Crippen molar-refractivity contribution in [2.24, 2.45) is 11.8 Å². The van der Waals surface area contributed by atoms with E-state index < -0.39 is 16.6 Å². The van der Waals surface area contributed by atoms with E-state index in [0.29, 0.717) is 0 Å². The van der Waals surface area contributed by atoms with Gasteiger partial charge in [-0.1, -0.05) is 47.6 Å². The number of rotatable bonds is 7. The van der Waals surface area contributed by atoms with Crippen LogP contribution in [0.4, 0.5) is 0 Å². The molecule has 0 spiro atoms. The Bertz CT molecular complexity index is 524. The molecule has 1 aliphatic carbocycles. The lowest BCUT2D eigenvalue weighted by Crippen LogP contribution is -2.47. The van der Waals surface area contributed by atoms with E-state index in [-0.39, 0.29) is 34.6 Å². The van der Waals surface area contributed by atoms with Gasteiger partial charge in [-0.3, -0.25) is 0 Å². The van der Waals surface area contributed by atoms with Crippen LogP contribution in [0.5, 0.6) is 0 Å². The average Bonchev–Trinajstić information content (AvgIpc) is 2.84. The highest BCUT2D eigenvalue weighted by molar-refractivity contribution is 6.74. The van der Waals surface area contributed by atoms with Crippen molar-refractivity contribution in [1.82, 2.24) is 0 Å². The number of aliphatic hydroxyl groups is 1. The van der Waals surface area contributed by atoms with Crippen molar-refractivity contribution >= 4 is 16.6 Å². The van der Waals surface area contributed by atoms with Crippen LogP contribution in [-0.2, 0) is 8.85 Å². The molecule has 3 nitrogen and oxygen atoms in total. The van der Waals surface area contributed by atoms with Gasteiger partial charge in [0.15, 0.2) is 8.32 Å². The van der Waals surface area contributed by atoms with Crippen LogP contribution in [-0.4, -0.2) is 34.5 Å². The molecule has 0 amide bonds. The van der Waals surface area contributed by atoms with E-state index in [9.17, 15) is 5.11 Å². The highest BCUT2D eigenvalue weighted by Crippen LogP contribution is 2.44. The van der Waals surface area contributed by atoms with Gasteiger partial charge < -0.3 is 14.0 Å². The Labute approximate surface area is 164 Å². The minimum absolute atomic E-state index is 0.0331. The monoisotopic (exact) mass is 398 g/mol. The summed E-state index contributed by atoms with van der Waals surface area (Å²) in [5.74, 6) is 1.45. The maximum absolute atomic E-state index is 10.1. The third-order valence-corrected chi connectivity index (χ3v) is 15.6. The summed E-state index contributed by atoms with van der Waals surface area (Å²) in [5, 5.41) is 10.4. The summed E-state index contributed by atoms with van der Waals surface area (Å²) in [4.78, 5) is 0. The fraction of sp³-hybridized carbons (Fsp3) is 0.810. The molecule has 1 rings (SSSR count). The van der Waals surface area contributed by atoms with E-state index in [4.69, 9.17) is 8.85 Å². The molecule has 0 aromatic rings. The molecule has 0 bridgehead atoms. The van der Waals surface area contributed by atoms with Gasteiger partial charge in [-0.2, -0.15) is 0 Å². The van der Waals surface area contributed by atoms with Crippen LogP contribution in [0.25, 0.3) is 0 Å². The molecular weight excluding hydrogens is 356 g/mol. The van der Waals surface area contributed by atoms with Gasteiger partial charge in [0.25, 0.3) is 0 Å². The van der Waals surface area contributed by atoms with Crippen molar-refractivity contribution < 1.29 is 14.0 Å². The Hall–Kier alpha value is -0.366. The van der Waals surface area contributed by atoms with Crippen LogP contribution in [0.15, 0.2) is 24.5 Å². The summed E-state index contributed by atoms with van der Waals surface area (Å²) in [6, 6.07) is 0. The van der Waals surface area contributed by atoms with Crippen molar-refractivity contribution in [1.29, 1.82) is 0 Å². The van der Waals surface area contributed by atoms with Gasteiger partial charge in [-0.25, -0.2) is 0 Å². The van der Waals surface area contributed by atoms with E-state index in [1.165, 1.54) is 0 Å². The molecule has 1 aliphatic rings. The summed E-state index contributed by atoms with van der Waals surface area (Å²) in [5.41, 5.74) is 0. The first-order valence-electron chi connectivity index (χ1n) is 9.86. The van der Waals surface area contributed by atoms with Crippen molar-refractivity contribution in [2.75, 3.05) is 6.61 Å². The molecule has 26 heavy (non-hydrogen) atoms. The highest BCUT2D eigenvalue weighted by atomic mass is 28.4. The third-order valence-electron chi connectivity index (χ3n) is 6.67. The fourth-order valence-electron chi connectivity index (χ4n) is 2.75. The summed E-state index contributed by atoms with van der Waals surface area (Å²) in [7, 11) is -3.81. The molecule has 3 atom stereocenters. The molecule has 0 saturated heterocycles. The molecule has 0 unspecified atom stereocenters. The largest absolute Gasteiger partial charge is 0.547 e. The molecule has 0 aromatic heterocycles. The fourth-order valence-corrected chi connectivity index (χ4v) is 5.20. The quantitative estimate of drug-likeness (QED) is 0.416. The van der Waals surface area contributed by atoms with Crippen LogP contribution in [0.3, 0.4) is 0 Å². The lowest BCUT2D eigenvalue weighted by Gasteiger charge is -2.40. The van der Waals surface area contributed by atoms with Crippen molar-refractivity contribution in [2.45, 2.75) is 90.3 Å². The van der Waals surface area contributed by atoms with E-state index >= 15 is 0 Å². The molecule has 0 fully saturated rings. The van der Waals surface area contributed by atoms with E-state index in [2.05, 4.69) is 80.4 Å². The molecule has 0 aliphatic heterocycles. The Kier molecular flexibility index (Phi) is 7.23. The van der Waals surface area contributed by atoms with Gasteiger partial charge in [0.2, 0.25) is 8.32 Å². The predicted molar refractivity (Wildman–Crippen MR) is 117 cm³/mol. The number of allylic oxidation sites excluding steroid dienone is 2. The minimum atomic E-state index is -1.95. The SMILES string of the molecule is C=C[C@@H]1CC(O[Si](C)(C)C(C)(C)C)=C[C@H]1[C@@H](CO)O[Si](C)(C)C(C)(C)C. The van der Waals surface area contributed by atoms with Crippen LogP contribution in [0.2, 0.25) is 36.3 Å². The summed E-state index contributed by atoms with van der Waals surface area (Å²) >= 11 is 0. The molecule has 5 heteroatoms. The second-order valence-corrected chi connectivity index (χ2v) is 20.3. The maximum atomic E-state index is 10.1. The van der Waals surface area contributed by atoms with Crippen LogP contribution >= 0.6 is 0 Å². The molecule has 0 heterocycles. The van der Waals surface area contributed by atoms with Crippen LogP contribution in [0, 0.1) is 11.8 Å². The first kappa shape index (κ1) is 23.7. The Morgan fingerprint density at radius 1 is 1.12 bits per heavy atom. The van der Waals surface area contributed by atoms with Gasteiger partial charge in [0, 0.05) is 12.3 Å². The molecule has 0 saturated carbocycles. The zero-order valence-electron chi connectivity index (χ0n) is 18.8. The van der Waals surface area contributed by atoms with Gasteiger partial charge >= 0.3 is 0 Å². The van der Waals surface area contributed by atoms with Gasteiger partial charge in [-0.15, -0.1) is 6.58 Å². The zero-order valence-corrected chi connectivity index (χ0v) is 20.8. The Balaban J connectivity index is 3.04. The lowest BCUT2D eigenvalue weighted by atomic mass is 9.91. The first-order chi connectivity index (χ1) is 11.6. The molecule has 1 N–H and O–H groups in total. The molecule has 0 aromatic carbocycles.